The number of nitrogens with zero attached hydrogens (tertiary/aromatic N) is 2. The highest BCUT2D eigenvalue weighted by Crippen LogP contribution is 2.17. The lowest BCUT2D eigenvalue weighted by atomic mass is 9.95. The van der Waals surface area contributed by atoms with Gasteiger partial charge in [0.15, 0.2) is 0 Å². The molecule has 2 rings (SSSR count). The predicted molar refractivity (Wildman–Crippen MR) is 98.8 cm³/mol. The first-order valence-corrected chi connectivity index (χ1v) is 8.49. The van der Waals surface area contributed by atoms with Gasteiger partial charge in [0.05, 0.1) is 11.8 Å². The molecule has 25 heavy (non-hydrogen) atoms. The Morgan fingerprint density at radius 1 is 1.32 bits per heavy atom. The van der Waals surface area contributed by atoms with Gasteiger partial charge in [0.25, 0.3) is 5.91 Å². The maximum Gasteiger partial charge on any atom is 0.251 e. The van der Waals surface area contributed by atoms with E-state index >= 15 is 0 Å². The number of anilines is 2. The molecule has 0 bridgehead atoms. The summed E-state index contributed by atoms with van der Waals surface area (Å²) < 4.78 is 0. The fourth-order valence-electron chi connectivity index (χ4n) is 2.31. The summed E-state index contributed by atoms with van der Waals surface area (Å²) in [5, 5.41) is 16.3. The maximum atomic E-state index is 12.4. The number of rotatable bonds is 8. The van der Waals surface area contributed by atoms with E-state index in [9.17, 15) is 9.90 Å². The quantitative estimate of drug-likeness (QED) is 0.686. The van der Waals surface area contributed by atoms with E-state index in [1.165, 1.54) is 0 Å². The average molecular weight is 342 g/mol. The van der Waals surface area contributed by atoms with Gasteiger partial charge in [-0.15, -0.1) is 0 Å². The van der Waals surface area contributed by atoms with E-state index in [1.54, 1.807) is 43.7 Å². The lowest BCUT2D eigenvalue weighted by Crippen LogP contribution is -2.40. The Morgan fingerprint density at radius 2 is 2.12 bits per heavy atom. The molecule has 134 valence electrons. The first kappa shape index (κ1) is 18.9. The smallest absolute Gasteiger partial charge is 0.251 e. The van der Waals surface area contributed by atoms with Crippen LogP contribution in [0.3, 0.4) is 0 Å². The van der Waals surface area contributed by atoms with Gasteiger partial charge in [0, 0.05) is 30.2 Å². The molecule has 0 aliphatic heterocycles. The molecule has 0 fully saturated rings. The number of benzene rings is 1. The third-order valence-electron chi connectivity index (χ3n) is 3.85. The van der Waals surface area contributed by atoms with E-state index in [0.717, 1.165) is 12.1 Å². The van der Waals surface area contributed by atoms with Gasteiger partial charge in [0.1, 0.15) is 5.82 Å². The van der Waals surface area contributed by atoms with Crippen LogP contribution in [0, 0.1) is 5.92 Å². The number of carbonyl (C=O) groups is 1. The Morgan fingerprint density at radius 3 is 2.80 bits per heavy atom. The van der Waals surface area contributed by atoms with Crippen molar-refractivity contribution in [3.8, 4) is 0 Å². The minimum absolute atomic E-state index is 0.215. The van der Waals surface area contributed by atoms with Gasteiger partial charge >= 0.3 is 0 Å². The molecule has 1 aromatic heterocycles. The number of amides is 1. The minimum atomic E-state index is -0.907. The number of hydrogen-bond acceptors (Lipinski definition) is 5. The Balaban J connectivity index is 1.94. The van der Waals surface area contributed by atoms with E-state index in [4.69, 9.17) is 0 Å². The van der Waals surface area contributed by atoms with Crippen LogP contribution >= 0.6 is 0 Å². The van der Waals surface area contributed by atoms with Gasteiger partial charge in [-0.1, -0.05) is 19.9 Å². The summed E-state index contributed by atoms with van der Waals surface area (Å²) in [6.45, 7) is 6.20. The molecule has 0 saturated heterocycles. The molecule has 0 spiro atoms. The van der Waals surface area contributed by atoms with Crippen LogP contribution in [0.15, 0.2) is 42.9 Å². The van der Waals surface area contributed by atoms with Crippen molar-refractivity contribution in [2.75, 3.05) is 11.9 Å². The highest BCUT2D eigenvalue weighted by molar-refractivity contribution is 5.95. The zero-order chi connectivity index (χ0) is 18.3. The lowest BCUT2D eigenvalue weighted by molar-refractivity contribution is 0.0429. The van der Waals surface area contributed by atoms with Gasteiger partial charge in [-0.2, -0.15) is 0 Å². The summed E-state index contributed by atoms with van der Waals surface area (Å²) in [5.41, 5.74) is 0.364. The molecule has 3 N–H and O–H groups in total. The van der Waals surface area contributed by atoms with Crippen molar-refractivity contribution in [1.29, 1.82) is 0 Å². The number of nitrogens with one attached hydrogen (secondary N) is 2. The van der Waals surface area contributed by atoms with Crippen LogP contribution in [-0.4, -0.2) is 33.1 Å². The third-order valence-corrected chi connectivity index (χ3v) is 3.85. The molecule has 1 atom stereocenters. The molecule has 1 aromatic carbocycles. The molecular weight excluding hydrogens is 316 g/mol. The topological polar surface area (TPSA) is 87.1 Å². The fraction of sp³-hybridized carbons (Fsp3) is 0.421. The van der Waals surface area contributed by atoms with Crippen LogP contribution in [0.25, 0.3) is 0 Å². The lowest BCUT2D eigenvalue weighted by Gasteiger charge is -2.24. The number of aromatic nitrogens is 2. The van der Waals surface area contributed by atoms with Crippen molar-refractivity contribution in [2.24, 2.45) is 5.92 Å². The standard InChI is InChI=1S/C19H26N4O2/c1-14(2)7-8-19(3,25)13-22-18(24)15-5-4-6-16(11-15)23-17-12-20-9-10-21-17/h4-6,9-12,14,25H,7-8,13H2,1-3H3,(H,21,23)(H,22,24). The highest BCUT2D eigenvalue weighted by atomic mass is 16.3. The molecule has 0 radical (unpaired) electrons. The Labute approximate surface area is 148 Å². The Bertz CT molecular complexity index is 687. The zero-order valence-corrected chi connectivity index (χ0v) is 15.0. The van der Waals surface area contributed by atoms with Crippen molar-refractivity contribution in [3.63, 3.8) is 0 Å². The summed E-state index contributed by atoms with van der Waals surface area (Å²) in [4.78, 5) is 20.5. The van der Waals surface area contributed by atoms with Crippen molar-refractivity contribution >= 4 is 17.4 Å². The number of hydrogen-bond donors (Lipinski definition) is 3. The maximum absolute atomic E-state index is 12.4. The summed E-state index contributed by atoms with van der Waals surface area (Å²) in [6.07, 6.45) is 6.37. The molecule has 0 aliphatic carbocycles. The second kappa shape index (κ2) is 8.58. The summed E-state index contributed by atoms with van der Waals surface area (Å²) in [7, 11) is 0. The van der Waals surface area contributed by atoms with Crippen molar-refractivity contribution in [1.82, 2.24) is 15.3 Å². The highest BCUT2D eigenvalue weighted by Gasteiger charge is 2.21. The van der Waals surface area contributed by atoms with Crippen molar-refractivity contribution in [3.05, 3.63) is 48.4 Å². The Hall–Kier alpha value is -2.47. The van der Waals surface area contributed by atoms with Gasteiger partial charge in [-0.05, 0) is 43.9 Å². The van der Waals surface area contributed by atoms with Crippen molar-refractivity contribution < 1.29 is 9.90 Å². The van der Waals surface area contributed by atoms with Gasteiger partial charge < -0.3 is 15.7 Å². The van der Waals surface area contributed by atoms with Crippen LogP contribution in [0.2, 0.25) is 0 Å². The first-order chi connectivity index (χ1) is 11.9. The van der Waals surface area contributed by atoms with E-state index < -0.39 is 5.60 Å². The second-order valence-electron chi connectivity index (χ2n) is 6.91. The average Bonchev–Trinajstić information content (AvgIpc) is 2.59. The van der Waals surface area contributed by atoms with Crippen LogP contribution < -0.4 is 10.6 Å². The van der Waals surface area contributed by atoms with E-state index in [2.05, 4.69) is 34.4 Å². The molecule has 1 unspecified atom stereocenters. The van der Waals surface area contributed by atoms with E-state index in [-0.39, 0.29) is 12.5 Å². The largest absolute Gasteiger partial charge is 0.388 e. The molecule has 6 nitrogen and oxygen atoms in total. The van der Waals surface area contributed by atoms with Crippen molar-refractivity contribution in [2.45, 2.75) is 39.2 Å². The summed E-state index contributed by atoms with van der Waals surface area (Å²) in [6, 6.07) is 7.13. The fourth-order valence-corrected chi connectivity index (χ4v) is 2.31. The molecule has 1 amide bonds. The molecule has 0 saturated carbocycles. The number of aliphatic hydroxyl groups is 1. The predicted octanol–water partition coefficient (Wildman–Crippen LogP) is 3.14. The van der Waals surface area contributed by atoms with E-state index in [1.807, 2.05) is 6.07 Å². The molecule has 1 heterocycles. The van der Waals surface area contributed by atoms with Crippen LogP contribution in [-0.2, 0) is 0 Å². The van der Waals surface area contributed by atoms with Crippen LogP contribution in [0.4, 0.5) is 11.5 Å². The SMILES string of the molecule is CC(C)CCC(C)(O)CNC(=O)c1cccc(Nc2cnccn2)c1. The summed E-state index contributed by atoms with van der Waals surface area (Å²) >= 11 is 0. The number of carbonyl (C=O) groups excluding carboxylic acids is 1. The zero-order valence-electron chi connectivity index (χ0n) is 15.0. The molecular formula is C19H26N4O2. The third kappa shape index (κ3) is 6.51. The first-order valence-electron chi connectivity index (χ1n) is 8.49. The van der Waals surface area contributed by atoms with Gasteiger partial charge in [-0.3, -0.25) is 9.78 Å². The summed E-state index contributed by atoms with van der Waals surface area (Å²) in [5.74, 6) is 0.912. The second-order valence-corrected chi connectivity index (χ2v) is 6.91. The molecule has 2 aromatic rings. The van der Waals surface area contributed by atoms with Gasteiger partial charge in [0.2, 0.25) is 0 Å². The molecule has 0 aliphatic rings. The van der Waals surface area contributed by atoms with E-state index in [0.29, 0.717) is 23.7 Å². The minimum Gasteiger partial charge on any atom is -0.388 e. The molecule has 6 heteroatoms. The van der Waals surface area contributed by atoms with Crippen LogP contribution in [0.5, 0.6) is 0 Å². The van der Waals surface area contributed by atoms with Crippen LogP contribution in [0.1, 0.15) is 44.0 Å². The Kier molecular flexibility index (Phi) is 6.47. The normalized spacial score (nSPS) is 13.3. The van der Waals surface area contributed by atoms with Gasteiger partial charge in [-0.25, -0.2) is 4.98 Å². The monoisotopic (exact) mass is 342 g/mol.